The van der Waals surface area contributed by atoms with E-state index in [1.165, 1.54) is 11.0 Å². The van der Waals surface area contributed by atoms with Crippen molar-refractivity contribution in [1.29, 1.82) is 5.26 Å². The van der Waals surface area contributed by atoms with E-state index in [4.69, 9.17) is 16.9 Å². The van der Waals surface area contributed by atoms with Crippen molar-refractivity contribution in [1.82, 2.24) is 19.7 Å². The lowest BCUT2D eigenvalue weighted by atomic mass is 10.0. The van der Waals surface area contributed by atoms with Crippen LogP contribution >= 0.6 is 11.6 Å². The first-order valence-electron chi connectivity index (χ1n) is 8.07. The molecule has 0 unspecified atom stereocenters. The van der Waals surface area contributed by atoms with Crippen LogP contribution in [0.2, 0.25) is 5.02 Å². The molecule has 1 aromatic heterocycles. The molecule has 3 aromatic rings. The number of halogens is 1. The summed E-state index contributed by atoms with van der Waals surface area (Å²) in [6.07, 6.45) is 1.40. The maximum atomic E-state index is 12.5. The molecule has 128 valence electrons. The minimum absolute atomic E-state index is 0.0557. The second kappa shape index (κ2) is 6.62. The molecule has 0 radical (unpaired) electrons. The van der Waals surface area contributed by atoms with Crippen molar-refractivity contribution >= 4 is 17.5 Å². The van der Waals surface area contributed by atoms with Gasteiger partial charge in [-0.15, -0.1) is 5.10 Å². The average Bonchev–Trinajstić information content (AvgIpc) is 3.27. The van der Waals surface area contributed by atoms with Gasteiger partial charge in [-0.1, -0.05) is 35.9 Å². The summed E-state index contributed by atoms with van der Waals surface area (Å²) in [5, 5.41) is 13.4. The Hall–Kier alpha value is -3.17. The molecule has 2 aromatic carbocycles. The summed E-state index contributed by atoms with van der Waals surface area (Å²) >= 11 is 6.08. The summed E-state index contributed by atoms with van der Waals surface area (Å²) in [7, 11) is 0. The van der Waals surface area contributed by atoms with Crippen LogP contribution in [0.3, 0.4) is 0 Å². The van der Waals surface area contributed by atoms with Gasteiger partial charge >= 0.3 is 0 Å². The quantitative estimate of drug-likeness (QED) is 0.716. The molecule has 1 aliphatic rings. The molecule has 4 rings (SSSR count). The Morgan fingerprint density at radius 1 is 1.15 bits per heavy atom. The number of carbonyl (C=O) groups excluding carboxylic acids is 1. The Kier molecular flexibility index (Phi) is 4.15. The minimum atomic E-state index is -0.0557. The lowest BCUT2D eigenvalue weighted by Crippen LogP contribution is -2.29. The zero-order chi connectivity index (χ0) is 18.1. The van der Waals surface area contributed by atoms with Gasteiger partial charge in [0, 0.05) is 18.1 Å². The fourth-order valence-corrected chi connectivity index (χ4v) is 3.27. The Balaban J connectivity index is 1.50. The number of nitriles is 1. The van der Waals surface area contributed by atoms with E-state index in [0.717, 1.165) is 22.3 Å². The number of rotatable bonds is 3. The number of nitrogens with zero attached hydrogens (tertiary/aromatic N) is 5. The number of carbonyl (C=O) groups is 1. The zero-order valence-electron chi connectivity index (χ0n) is 13.8. The summed E-state index contributed by atoms with van der Waals surface area (Å²) in [5.74, 6) is 0.00793. The largest absolute Gasteiger partial charge is 0.332 e. The second-order valence-corrected chi connectivity index (χ2v) is 6.56. The number of fused-ring (bicyclic) bond motifs is 1. The maximum absolute atomic E-state index is 12.5. The molecule has 7 heteroatoms. The molecule has 0 fully saturated rings. The van der Waals surface area contributed by atoms with Gasteiger partial charge < -0.3 is 4.90 Å². The number of benzene rings is 2. The Labute approximate surface area is 155 Å². The SMILES string of the molecule is N#Cc1ncn(CC(=O)N2Cc3ccc(-c4cccc(Cl)c4)cc3C2)n1. The van der Waals surface area contributed by atoms with E-state index < -0.39 is 0 Å². The van der Waals surface area contributed by atoms with Gasteiger partial charge in [-0.05, 0) is 40.5 Å². The smallest absolute Gasteiger partial charge is 0.252 e. The van der Waals surface area contributed by atoms with Crippen LogP contribution in [0.4, 0.5) is 0 Å². The Bertz CT molecular complexity index is 1040. The summed E-state index contributed by atoms with van der Waals surface area (Å²) in [4.78, 5) is 18.1. The molecule has 1 amide bonds. The van der Waals surface area contributed by atoms with E-state index in [1.807, 2.05) is 30.3 Å². The van der Waals surface area contributed by atoms with Crippen molar-refractivity contribution in [2.24, 2.45) is 0 Å². The van der Waals surface area contributed by atoms with Gasteiger partial charge in [0.1, 0.15) is 18.9 Å². The zero-order valence-corrected chi connectivity index (χ0v) is 14.5. The molecule has 1 aliphatic heterocycles. The van der Waals surface area contributed by atoms with Crippen molar-refractivity contribution in [3.8, 4) is 17.2 Å². The molecular weight excluding hydrogens is 350 g/mol. The first kappa shape index (κ1) is 16.3. The van der Waals surface area contributed by atoms with E-state index in [1.54, 1.807) is 4.90 Å². The van der Waals surface area contributed by atoms with Gasteiger partial charge in [0.25, 0.3) is 5.82 Å². The van der Waals surface area contributed by atoms with Crippen LogP contribution in [0.1, 0.15) is 17.0 Å². The first-order chi connectivity index (χ1) is 12.6. The van der Waals surface area contributed by atoms with Crippen LogP contribution in [0, 0.1) is 11.3 Å². The number of hydrogen-bond donors (Lipinski definition) is 0. The number of aromatic nitrogens is 3. The molecule has 0 bridgehead atoms. The maximum Gasteiger partial charge on any atom is 0.252 e. The molecule has 0 N–H and O–H groups in total. The van der Waals surface area contributed by atoms with Gasteiger partial charge in [-0.25, -0.2) is 9.67 Å². The van der Waals surface area contributed by atoms with E-state index in [0.29, 0.717) is 18.1 Å². The van der Waals surface area contributed by atoms with E-state index >= 15 is 0 Å². The Morgan fingerprint density at radius 3 is 2.73 bits per heavy atom. The molecule has 6 nitrogen and oxygen atoms in total. The molecule has 0 saturated heterocycles. The van der Waals surface area contributed by atoms with Gasteiger partial charge in [0.2, 0.25) is 5.91 Å². The summed E-state index contributed by atoms with van der Waals surface area (Å²) in [6.45, 7) is 1.20. The number of amides is 1. The normalized spacial score (nSPS) is 12.7. The molecule has 0 spiro atoms. The van der Waals surface area contributed by atoms with Gasteiger partial charge in [-0.3, -0.25) is 4.79 Å². The lowest BCUT2D eigenvalue weighted by Gasteiger charge is -2.14. The number of hydrogen-bond acceptors (Lipinski definition) is 4. The Morgan fingerprint density at radius 2 is 1.96 bits per heavy atom. The summed E-state index contributed by atoms with van der Waals surface area (Å²) in [5.41, 5.74) is 4.40. The van der Waals surface area contributed by atoms with Crippen molar-refractivity contribution < 1.29 is 4.79 Å². The third-order valence-corrected chi connectivity index (χ3v) is 4.61. The molecule has 0 aliphatic carbocycles. The van der Waals surface area contributed by atoms with Gasteiger partial charge in [0.15, 0.2) is 0 Å². The highest BCUT2D eigenvalue weighted by Crippen LogP contribution is 2.29. The summed E-state index contributed by atoms with van der Waals surface area (Å²) < 4.78 is 1.39. The van der Waals surface area contributed by atoms with Crippen LogP contribution in [0.25, 0.3) is 11.1 Å². The third-order valence-electron chi connectivity index (χ3n) is 4.37. The first-order valence-corrected chi connectivity index (χ1v) is 8.45. The van der Waals surface area contributed by atoms with Crippen molar-refractivity contribution in [3.05, 3.63) is 70.8 Å². The van der Waals surface area contributed by atoms with E-state index in [2.05, 4.69) is 28.3 Å². The average molecular weight is 364 g/mol. The van der Waals surface area contributed by atoms with Crippen LogP contribution in [0.15, 0.2) is 48.8 Å². The highest BCUT2D eigenvalue weighted by Gasteiger charge is 2.24. The van der Waals surface area contributed by atoms with Gasteiger partial charge in [-0.2, -0.15) is 5.26 Å². The molecule has 0 saturated carbocycles. The molecular formula is C19H14ClN5O. The summed E-state index contributed by atoms with van der Waals surface area (Å²) in [6, 6.07) is 15.8. The highest BCUT2D eigenvalue weighted by atomic mass is 35.5. The lowest BCUT2D eigenvalue weighted by molar-refractivity contribution is -0.132. The van der Waals surface area contributed by atoms with Crippen LogP contribution in [-0.4, -0.2) is 25.6 Å². The van der Waals surface area contributed by atoms with Crippen molar-refractivity contribution in [2.75, 3.05) is 0 Å². The highest BCUT2D eigenvalue weighted by molar-refractivity contribution is 6.30. The molecule has 0 atom stereocenters. The van der Waals surface area contributed by atoms with Crippen molar-refractivity contribution in [2.45, 2.75) is 19.6 Å². The van der Waals surface area contributed by atoms with Crippen LogP contribution < -0.4 is 0 Å². The monoisotopic (exact) mass is 363 g/mol. The topological polar surface area (TPSA) is 74.8 Å². The molecule has 26 heavy (non-hydrogen) atoms. The van der Waals surface area contributed by atoms with E-state index in [9.17, 15) is 4.79 Å². The second-order valence-electron chi connectivity index (χ2n) is 6.12. The van der Waals surface area contributed by atoms with Crippen molar-refractivity contribution in [3.63, 3.8) is 0 Å². The fourth-order valence-electron chi connectivity index (χ4n) is 3.08. The van der Waals surface area contributed by atoms with E-state index in [-0.39, 0.29) is 18.3 Å². The standard InChI is InChI=1S/C19H14ClN5O/c20-17-3-1-2-13(7-17)14-4-5-15-9-24(10-16(15)6-14)19(26)11-25-12-22-18(8-21)23-25/h1-7,12H,9-11H2. The van der Waals surface area contributed by atoms with Crippen LogP contribution in [0.5, 0.6) is 0 Å². The van der Waals surface area contributed by atoms with Gasteiger partial charge in [0.05, 0.1) is 0 Å². The fraction of sp³-hybridized carbons (Fsp3) is 0.158. The molecule has 2 heterocycles. The predicted molar refractivity (Wildman–Crippen MR) is 95.9 cm³/mol. The third kappa shape index (κ3) is 3.17. The van der Waals surface area contributed by atoms with Crippen LogP contribution in [-0.2, 0) is 24.4 Å². The minimum Gasteiger partial charge on any atom is -0.332 e. The predicted octanol–water partition coefficient (Wildman–Crippen LogP) is 3.01.